The van der Waals surface area contributed by atoms with Crippen molar-refractivity contribution in [3.8, 4) is 0 Å². The van der Waals surface area contributed by atoms with E-state index in [4.69, 9.17) is 15.5 Å². The van der Waals surface area contributed by atoms with Gasteiger partial charge in [0.1, 0.15) is 18.2 Å². The summed E-state index contributed by atoms with van der Waals surface area (Å²) in [5.74, 6) is -0.0102. The summed E-state index contributed by atoms with van der Waals surface area (Å²) >= 11 is 0. The zero-order chi connectivity index (χ0) is 34.1. The number of nitrogens with zero attached hydrogens (tertiary/aromatic N) is 4. The van der Waals surface area contributed by atoms with Crippen LogP contribution in [0.3, 0.4) is 0 Å². The minimum atomic E-state index is -4.34. The molecule has 4 heterocycles. The van der Waals surface area contributed by atoms with Crippen LogP contribution in [0, 0.1) is 5.92 Å². The smallest absolute Gasteiger partial charge is 0.410 e. The number of carbonyl (C=O) groups excluding carboxylic acids is 2. The third-order valence-corrected chi connectivity index (χ3v) is 9.78. The fourth-order valence-electron chi connectivity index (χ4n) is 6.35. The number of rotatable bonds is 7. The number of benzene rings is 1. The average Bonchev–Trinajstić information content (AvgIpc) is 3.30. The number of hydrogen-bond donors (Lipinski definition) is 2. The first-order chi connectivity index (χ1) is 22.0. The van der Waals surface area contributed by atoms with E-state index in [2.05, 4.69) is 56.1 Å². The summed E-state index contributed by atoms with van der Waals surface area (Å²) < 4.78 is 34.3. The first-order valence-electron chi connectivity index (χ1n) is 15.8. The number of nitrogens with two attached hydrogens (primary N) is 1. The van der Waals surface area contributed by atoms with E-state index in [1.54, 1.807) is 11.0 Å². The van der Waals surface area contributed by atoms with Gasteiger partial charge < -0.3 is 20.3 Å². The molecule has 1 saturated heterocycles. The summed E-state index contributed by atoms with van der Waals surface area (Å²) in [6, 6.07) is 15.5. The number of nitrogen functional groups attached to an aromatic ring is 1. The van der Waals surface area contributed by atoms with Gasteiger partial charge >= 0.3 is 6.09 Å². The van der Waals surface area contributed by atoms with Gasteiger partial charge in [-0.15, -0.1) is 0 Å². The Bertz CT molecular complexity index is 1810. The molecule has 0 radical (unpaired) electrons. The van der Waals surface area contributed by atoms with Gasteiger partial charge in [0, 0.05) is 37.6 Å². The van der Waals surface area contributed by atoms with Crippen molar-refractivity contribution >= 4 is 39.2 Å². The normalized spacial score (nSPS) is 18.1. The van der Waals surface area contributed by atoms with E-state index in [0.29, 0.717) is 37.8 Å². The lowest BCUT2D eigenvalue weighted by Gasteiger charge is -2.36. The second kappa shape index (κ2) is 13.0. The third kappa shape index (κ3) is 7.59. The summed E-state index contributed by atoms with van der Waals surface area (Å²) in [6.07, 6.45) is 2.94. The van der Waals surface area contributed by atoms with Crippen molar-refractivity contribution in [1.82, 2.24) is 19.6 Å². The number of aromatic nitrogens is 2. The van der Waals surface area contributed by atoms with Gasteiger partial charge in [0.05, 0.1) is 11.3 Å². The predicted octanol–water partition coefficient (Wildman–Crippen LogP) is 5.77. The van der Waals surface area contributed by atoms with E-state index >= 15 is 0 Å². The molecule has 0 bridgehead atoms. The highest BCUT2D eigenvalue weighted by molar-refractivity contribution is 7.90. The molecule has 0 spiro atoms. The Labute approximate surface area is 278 Å². The summed E-state index contributed by atoms with van der Waals surface area (Å²) in [5.41, 5.74) is 8.50. The van der Waals surface area contributed by atoms with Gasteiger partial charge in [-0.05, 0) is 61.9 Å². The number of ether oxygens (including phenoxy) is 1. The fourth-order valence-corrected chi connectivity index (χ4v) is 7.29. The van der Waals surface area contributed by atoms with Crippen LogP contribution in [0.1, 0.15) is 83.0 Å². The fraction of sp³-hybridized carbons (Fsp3) is 0.429. The first kappa shape index (κ1) is 33.9. The summed E-state index contributed by atoms with van der Waals surface area (Å²) in [4.78, 5) is 39.7. The van der Waals surface area contributed by atoms with E-state index in [1.165, 1.54) is 18.2 Å². The molecule has 1 unspecified atom stereocenters. The van der Waals surface area contributed by atoms with Gasteiger partial charge in [0.2, 0.25) is 0 Å². The van der Waals surface area contributed by atoms with Crippen LogP contribution in [0.4, 0.5) is 16.4 Å². The largest absolute Gasteiger partial charge is 0.445 e. The minimum Gasteiger partial charge on any atom is -0.445 e. The molecular weight excluding hydrogens is 616 g/mol. The van der Waals surface area contributed by atoms with Crippen molar-refractivity contribution < 1.29 is 24.2 Å². The monoisotopic (exact) mass is 662 g/mol. The molecule has 1 aromatic carbocycles. The topological polar surface area (TPSA) is 148 Å². The molecule has 252 valence electrons. The Balaban J connectivity index is 0.00000520. The van der Waals surface area contributed by atoms with Crippen LogP contribution in [0.25, 0.3) is 5.57 Å². The van der Waals surface area contributed by atoms with E-state index in [-0.39, 0.29) is 30.0 Å². The molecule has 1 fully saturated rings. The Morgan fingerprint density at radius 2 is 1.83 bits per heavy atom. The van der Waals surface area contributed by atoms with Crippen LogP contribution in [-0.2, 0) is 26.8 Å². The first-order valence-corrected chi connectivity index (χ1v) is 17.3. The number of carbonyl (C=O) groups is 2. The predicted molar refractivity (Wildman–Crippen MR) is 184 cm³/mol. The molecule has 3 aromatic rings. The van der Waals surface area contributed by atoms with Crippen molar-refractivity contribution in [1.29, 1.82) is 0 Å². The van der Waals surface area contributed by atoms with Crippen LogP contribution in [-0.4, -0.2) is 60.5 Å². The van der Waals surface area contributed by atoms with Crippen LogP contribution >= 0.6 is 0 Å². The molecule has 5 rings (SSSR count). The summed E-state index contributed by atoms with van der Waals surface area (Å²) in [6.45, 7) is 14.1. The Kier molecular flexibility index (Phi) is 9.36. The van der Waals surface area contributed by atoms with Gasteiger partial charge in [-0.3, -0.25) is 4.79 Å². The Morgan fingerprint density at radius 3 is 2.43 bits per heavy atom. The van der Waals surface area contributed by atoms with Gasteiger partial charge in [0.25, 0.3) is 15.9 Å². The SMILES string of the molecule is CC1CN(c2nc(C(C)(C)C)c(C3=CCN(C(=O)OCc4ccccc4)CC3)cc2C(=O)NS(=O)(=O)c2cccc(N)n2)C(C)(C)C1.[HH]. The molecule has 2 aliphatic heterocycles. The quantitative estimate of drug-likeness (QED) is 0.322. The van der Waals surface area contributed by atoms with Crippen molar-refractivity contribution in [3.63, 3.8) is 0 Å². The second-order valence-electron chi connectivity index (χ2n) is 14.0. The minimum absolute atomic E-state index is 0. The number of sulfonamides is 1. The second-order valence-corrected chi connectivity index (χ2v) is 15.7. The van der Waals surface area contributed by atoms with E-state index in [1.807, 2.05) is 36.4 Å². The molecule has 0 saturated carbocycles. The molecular formula is C35H46N6O5S. The maximum atomic E-state index is 14.0. The maximum Gasteiger partial charge on any atom is 0.410 e. The zero-order valence-electron chi connectivity index (χ0n) is 27.9. The number of hydrogen-bond acceptors (Lipinski definition) is 9. The average molecular weight is 663 g/mol. The van der Waals surface area contributed by atoms with Crippen LogP contribution in [0.15, 0.2) is 65.7 Å². The molecule has 2 aliphatic rings. The third-order valence-electron chi connectivity index (χ3n) is 8.55. The van der Waals surface area contributed by atoms with Gasteiger partial charge in [0.15, 0.2) is 5.03 Å². The van der Waals surface area contributed by atoms with Crippen molar-refractivity contribution in [2.24, 2.45) is 5.92 Å². The number of pyridine rings is 2. The van der Waals surface area contributed by atoms with Crippen LogP contribution in [0.5, 0.6) is 0 Å². The molecule has 47 heavy (non-hydrogen) atoms. The lowest BCUT2D eigenvalue weighted by Crippen LogP contribution is -2.41. The van der Waals surface area contributed by atoms with E-state index in [9.17, 15) is 18.0 Å². The highest BCUT2D eigenvalue weighted by atomic mass is 32.2. The molecule has 0 aliphatic carbocycles. The summed E-state index contributed by atoms with van der Waals surface area (Å²) in [5, 5.41) is -0.351. The van der Waals surface area contributed by atoms with Gasteiger partial charge in [-0.1, -0.05) is 70.2 Å². The zero-order valence-corrected chi connectivity index (χ0v) is 28.7. The Morgan fingerprint density at radius 1 is 1.11 bits per heavy atom. The molecule has 1 atom stereocenters. The molecule has 2 amide bonds. The molecule has 11 nitrogen and oxygen atoms in total. The van der Waals surface area contributed by atoms with Crippen molar-refractivity contribution in [3.05, 3.63) is 83.1 Å². The number of anilines is 2. The number of nitrogens with one attached hydrogen (secondary N) is 1. The highest BCUT2D eigenvalue weighted by Crippen LogP contribution is 2.41. The van der Waals surface area contributed by atoms with Gasteiger partial charge in [-0.2, -0.15) is 8.42 Å². The van der Waals surface area contributed by atoms with Crippen molar-refractivity contribution in [2.45, 2.75) is 77.0 Å². The molecule has 3 N–H and O–H groups in total. The lowest BCUT2D eigenvalue weighted by atomic mass is 9.83. The van der Waals surface area contributed by atoms with E-state index in [0.717, 1.165) is 28.8 Å². The molecule has 12 heteroatoms. The van der Waals surface area contributed by atoms with Crippen LogP contribution < -0.4 is 15.4 Å². The lowest BCUT2D eigenvalue weighted by molar-refractivity contribution is 0.0979. The Hall–Kier alpha value is -4.45. The maximum absolute atomic E-state index is 14.0. The van der Waals surface area contributed by atoms with Crippen LogP contribution in [0.2, 0.25) is 0 Å². The standard InChI is InChI=1S/C35H44N6O5S.H2/c1-23-20-35(5,6)41(21-23)31-27(32(42)39-47(44,45)29-14-10-13-28(36)37-29)19-26(30(38-31)34(2,3)4)25-15-17-40(18-16-25)33(43)46-22-24-11-8-7-9-12-24;/h7-15,19,23H,16-18,20-22H2,1-6H3,(H2,36,37)(H,39,42);1H. The van der Waals surface area contributed by atoms with E-state index < -0.39 is 27.4 Å². The summed E-state index contributed by atoms with van der Waals surface area (Å²) in [7, 11) is -4.34. The van der Waals surface area contributed by atoms with Crippen molar-refractivity contribution in [2.75, 3.05) is 30.3 Å². The number of amides is 2. The molecule has 2 aromatic heterocycles. The van der Waals surface area contributed by atoms with Gasteiger partial charge in [-0.25, -0.2) is 19.5 Å². The highest BCUT2D eigenvalue weighted by Gasteiger charge is 2.40.